The van der Waals surface area contributed by atoms with E-state index in [4.69, 9.17) is 0 Å². The first-order valence-corrected chi connectivity index (χ1v) is 5.45. The Morgan fingerprint density at radius 2 is 1.86 bits per heavy atom. The lowest BCUT2D eigenvalue weighted by atomic mass is 10.2. The summed E-state index contributed by atoms with van der Waals surface area (Å²) in [6, 6.07) is 3.73. The predicted molar refractivity (Wildman–Crippen MR) is 57.4 cm³/mol. The molecule has 1 aromatic rings. The van der Waals surface area contributed by atoms with Crippen LogP contribution < -0.4 is 0 Å². The highest BCUT2D eigenvalue weighted by Crippen LogP contribution is 2.28. The monoisotopic (exact) mass is 216 g/mol. The van der Waals surface area contributed by atoms with E-state index in [2.05, 4.69) is 20.8 Å². The molecule has 0 spiro atoms. The van der Waals surface area contributed by atoms with E-state index in [1.807, 2.05) is 0 Å². The van der Waals surface area contributed by atoms with Crippen molar-refractivity contribution in [1.29, 1.82) is 0 Å². The molecule has 0 amide bonds. The summed E-state index contributed by atoms with van der Waals surface area (Å²) in [6.07, 6.45) is 0. The van der Waals surface area contributed by atoms with Crippen LogP contribution in [0, 0.1) is 11.6 Å². The minimum atomic E-state index is -0.521. The summed E-state index contributed by atoms with van der Waals surface area (Å²) in [4.78, 5) is 0. The van der Waals surface area contributed by atoms with Crippen LogP contribution in [0.4, 0.5) is 8.78 Å². The molecule has 3 heteroatoms. The van der Waals surface area contributed by atoms with Crippen molar-refractivity contribution in [1.82, 2.24) is 0 Å². The van der Waals surface area contributed by atoms with Crippen LogP contribution in [0.2, 0.25) is 0 Å². The molecule has 0 fully saturated rings. The van der Waals surface area contributed by atoms with E-state index in [-0.39, 0.29) is 4.75 Å². The zero-order valence-electron chi connectivity index (χ0n) is 8.60. The van der Waals surface area contributed by atoms with Gasteiger partial charge in [-0.1, -0.05) is 26.8 Å². The first-order valence-electron chi connectivity index (χ1n) is 4.46. The zero-order valence-corrected chi connectivity index (χ0v) is 9.42. The molecule has 0 saturated carbocycles. The molecule has 0 bridgehead atoms. The molecule has 1 aromatic carbocycles. The summed E-state index contributed by atoms with van der Waals surface area (Å²) in [6.45, 7) is 6.21. The van der Waals surface area contributed by atoms with Gasteiger partial charge in [-0.15, -0.1) is 0 Å². The second kappa shape index (κ2) is 4.30. The molecule has 78 valence electrons. The number of rotatable bonds is 2. The van der Waals surface area contributed by atoms with Gasteiger partial charge < -0.3 is 0 Å². The highest BCUT2D eigenvalue weighted by Gasteiger charge is 2.12. The second-order valence-corrected chi connectivity index (χ2v) is 5.94. The van der Waals surface area contributed by atoms with Gasteiger partial charge in [-0.2, -0.15) is 11.8 Å². The third kappa shape index (κ3) is 3.66. The highest BCUT2D eigenvalue weighted by molar-refractivity contribution is 7.99. The van der Waals surface area contributed by atoms with Gasteiger partial charge in [-0.05, 0) is 11.6 Å². The summed E-state index contributed by atoms with van der Waals surface area (Å²) in [5.41, 5.74) is 0.561. The van der Waals surface area contributed by atoms with Crippen molar-refractivity contribution in [3.63, 3.8) is 0 Å². The molecule has 0 atom stereocenters. The van der Waals surface area contributed by atoms with Crippen molar-refractivity contribution < 1.29 is 8.78 Å². The van der Waals surface area contributed by atoms with Crippen LogP contribution in [0.1, 0.15) is 26.3 Å². The molecule has 0 N–H and O–H groups in total. The molecule has 0 aromatic heterocycles. The molecule has 0 heterocycles. The van der Waals surface area contributed by atoms with E-state index in [0.717, 1.165) is 6.07 Å². The summed E-state index contributed by atoms with van der Waals surface area (Å²) in [7, 11) is 0. The average Bonchev–Trinajstić information content (AvgIpc) is 2.00. The van der Waals surface area contributed by atoms with Crippen molar-refractivity contribution >= 4 is 11.8 Å². The first kappa shape index (κ1) is 11.5. The minimum Gasteiger partial charge on any atom is -0.207 e. The Balaban J connectivity index is 2.68. The first-order chi connectivity index (χ1) is 6.38. The van der Waals surface area contributed by atoms with Gasteiger partial charge in [0.1, 0.15) is 11.6 Å². The van der Waals surface area contributed by atoms with Crippen molar-refractivity contribution in [2.45, 2.75) is 31.3 Å². The third-order valence-electron chi connectivity index (χ3n) is 1.68. The Bertz CT molecular complexity index is 316. The van der Waals surface area contributed by atoms with E-state index in [9.17, 15) is 8.78 Å². The van der Waals surface area contributed by atoms with Gasteiger partial charge >= 0.3 is 0 Å². The van der Waals surface area contributed by atoms with E-state index in [1.165, 1.54) is 12.1 Å². The van der Waals surface area contributed by atoms with Gasteiger partial charge in [-0.25, -0.2) is 8.78 Å². The molecule has 0 nitrogen and oxygen atoms in total. The Kier molecular flexibility index (Phi) is 3.53. The molecule has 0 unspecified atom stereocenters. The van der Waals surface area contributed by atoms with Gasteiger partial charge in [0.15, 0.2) is 0 Å². The SMILES string of the molecule is CC(C)(C)SCc1ccc(F)cc1F. The fourth-order valence-corrected chi connectivity index (χ4v) is 1.76. The van der Waals surface area contributed by atoms with Gasteiger partial charge in [0, 0.05) is 16.6 Å². The average molecular weight is 216 g/mol. The Labute approximate surface area is 87.7 Å². The summed E-state index contributed by atoms with van der Waals surface area (Å²) in [5, 5.41) is 0. The number of halogens is 2. The van der Waals surface area contributed by atoms with Gasteiger partial charge in [0.25, 0.3) is 0 Å². The van der Waals surface area contributed by atoms with Crippen molar-refractivity contribution in [3.8, 4) is 0 Å². The smallest absolute Gasteiger partial charge is 0.130 e. The summed E-state index contributed by atoms with van der Waals surface area (Å²) >= 11 is 1.64. The zero-order chi connectivity index (χ0) is 10.8. The second-order valence-electron chi connectivity index (χ2n) is 4.14. The topological polar surface area (TPSA) is 0 Å². The van der Waals surface area contributed by atoms with E-state index in [0.29, 0.717) is 11.3 Å². The normalized spacial score (nSPS) is 11.8. The maximum atomic E-state index is 13.2. The van der Waals surface area contributed by atoms with Crippen LogP contribution in [-0.2, 0) is 5.75 Å². The third-order valence-corrected chi connectivity index (χ3v) is 3.00. The maximum absolute atomic E-state index is 13.2. The van der Waals surface area contributed by atoms with Gasteiger partial charge in [-0.3, -0.25) is 0 Å². The summed E-state index contributed by atoms with van der Waals surface area (Å²) in [5.74, 6) is -0.399. The Hall–Kier alpha value is -0.570. The van der Waals surface area contributed by atoms with Crippen LogP contribution in [0.3, 0.4) is 0 Å². The van der Waals surface area contributed by atoms with Crippen LogP contribution in [0.5, 0.6) is 0 Å². The fourth-order valence-electron chi connectivity index (χ4n) is 0.933. The molecule has 0 aliphatic heterocycles. The molecule has 0 saturated heterocycles. The van der Waals surface area contributed by atoms with Gasteiger partial charge in [0.2, 0.25) is 0 Å². The van der Waals surface area contributed by atoms with Crippen LogP contribution in [-0.4, -0.2) is 4.75 Å². The Morgan fingerprint density at radius 3 is 2.36 bits per heavy atom. The standard InChI is InChI=1S/C11H14F2S/c1-11(2,3)14-7-8-4-5-9(12)6-10(8)13/h4-6H,7H2,1-3H3. The van der Waals surface area contributed by atoms with Crippen LogP contribution >= 0.6 is 11.8 Å². The number of benzene rings is 1. The molecule has 14 heavy (non-hydrogen) atoms. The van der Waals surface area contributed by atoms with Crippen LogP contribution in [0.25, 0.3) is 0 Å². The highest BCUT2D eigenvalue weighted by atomic mass is 32.2. The van der Waals surface area contributed by atoms with E-state index >= 15 is 0 Å². The quantitative estimate of drug-likeness (QED) is 0.720. The lowest BCUT2D eigenvalue weighted by Crippen LogP contribution is -2.07. The molecule has 1 rings (SSSR count). The number of hydrogen-bond donors (Lipinski definition) is 0. The van der Waals surface area contributed by atoms with Crippen molar-refractivity contribution in [2.75, 3.05) is 0 Å². The largest absolute Gasteiger partial charge is 0.207 e. The van der Waals surface area contributed by atoms with Crippen molar-refractivity contribution in [3.05, 3.63) is 35.4 Å². The fraction of sp³-hybridized carbons (Fsp3) is 0.455. The van der Waals surface area contributed by atoms with Crippen molar-refractivity contribution in [2.24, 2.45) is 0 Å². The molecule has 0 aliphatic rings. The Morgan fingerprint density at radius 1 is 1.21 bits per heavy atom. The van der Waals surface area contributed by atoms with Gasteiger partial charge in [0.05, 0.1) is 0 Å². The summed E-state index contributed by atoms with van der Waals surface area (Å²) < 4.78 is 25.8. The minimum absolute atomic E-state index is 0.0980. The number of thioether (sulfide) groups is 1. The molecular weight excluding hydrogens is 202 g/mol. The molecule has 0 radical (unpaired) electrons. The lowest BCUT2D eigenvalue weighted by molar-refractivity contribution is 0.576. The molecular formula is C11H14F2S. The lowest BCUT2D eigenvalue weighted by Gasteiger charge is -2.17. The van der Waals surface area contributed by atoms with E-state index in [1.54, 1.807) is 11.8 Å². The van der Waals surface area contributed by atoms with Crippen LogP contribution in [0.15, 0.2) is 18.2 Å². The predicted octanol–water partition coefficient (Wildman–Crippen LogP) is 4.00. The molecule has 0 aliphatic carbocycles. The maximum Gasteiger partial charge on any atom is 0.130 e. The van der Waals surface area contributed by atoms with E-state index < -0.39 is 11.6 Å². The number of hydrogen-bond acceptors (Lipinski definition) is 1.